The molecule has 16 heavy (non-hydrogen) atoms. The molecule has 0 aliphatic rings. The second-order valence-electron chi connectivity index (χ2n) is 3.55. The van der Waals surface area contributed by atoms with Gasteiger partial charge < -0.3 is 5.32 Å². The topological polar surface area (TPSA) is 42.0 Å². The van der Waals surface area contributed by atoms with E-state index in [1.807, 2.05) is 13.8 Å². The molecule has 1 aromatic rings. The van der Waals surface area contributed by atoms with Gasteiger partial charge in [0, 0.05) is 21.2 Å². The Morgan fingerprint density at radius 3 is 2.62 bits per heavy atom. The second kappa shape index (κ2) is 5.98. The molecule has 0 spiro atoms. The number of pyridine rings is 1. The third kappa shape index (κ3) is 3.71. The van der Waals surface area contributed by atoms with Crippen molar-refractivity contribution in [2.24, 2.45) is 0 Å². The zero-order chi connectivity index (χ0) is 12.3. The molecule has 6 heteroatoms. The van der Waals surface area contributed by atoms with Crippen LogP contribution in [0.25, 0.3) is 0 Å². The van der Waals surface area contributed by atoms with Crippen molar-refractivity contribution in [1.29, 1.82) is 0 Å². The van der Waals surface area contributed by atoms with Crippen molar-refractivity contribution in [2.75, 3.05) is 0 Å². The van der Waals surface area contributed by atoms with Crippen LogP contribution >= 0.6 is 43.5 Å². The summed E-state index contributed by atoms with van der Waals surface area (Å²) in [5.41, 5.74) is 0.517. The molecule has 0 aliphatic heterocycles. The molecule has 0 saturated carbocycles. The Kier molecular flexibility index (Phi) is 5.21. The molecule has 0 bridgehead atoms. The largest absolute Gasteiger partial charge is 0.352 e. The number of halogens is 3. The summed E-state index contributed by atoms with van der Waals surface area (Å²) in [6, 6.07) is 1.86. The lowest BCUT2D eigenvalue weighted by molar-refractivity contribution is -0.121. The van der Waals surface area contributed by atoms with E-state index in [4.69, 9.17) is 11.6 Å². The van der Waals surface area contributed by atoms with Crippen molar-refractivity contribution in [3.8, 4) is 0 Å². The lowest BCUT2D eigenvalue weighted by atomic mass is 10.2. The van der Waals surface area contributed by atoms with Gasteiger partial charge in [-0.1, -0.05) is 0 Å². The Bertz CT molecular complexity index is 398. The fourth-order valence-corrected chi connectivity index (χ4v) is 2.68. The molecule has 1 atom stereocenters. The number of nitrogens with one attached hydrogen (secondary N) is 1. The predicted octanol–water partition coefficient (Wildman–Crippen LogP) is 3.41. The summed E-state index contributed by atoms with van der Waals surface area (Å²) in [5.74, 6) is -0.243. The Hall–Kier alpha value is -0.130. The van der Waals surface area contributed by atoms with Gasteiger partial charge in [-0.15, -0.1) is 11.6 Å². The minimum absolute atomic E-state index is 0.0583. The number of rotatable bonds is 3. The molecular weight excluding hydrogens is 359 g/mol. The summed E-state index contributed by atoms with van der Waals surface area (Å²) in [5, 5.41) is 1.95. The monoisotopic (exact) mass is 368 g/mol. The van der Waals surface area contributed by atoms with Crippen molar-refractivity contribution in [1.82, 2.24) is 10.3 Å². The highest BCUT2D eigenvalue weighted by atomic mass is 79.9. The van der Waals surface area contributed by atoms with Crippen LogP contribution in [0.2, 0.25) is 0 Å². The van der Waals surface area contributed by atoms with Crippen LogP contribution in [0, 0.1) is 0 Å². The van der Waals surface area contributed by atoms with Gasteiger partial charge in [0.1, 0.15) is 0 Å². The zero-order valence-corrected chi connectivity index (χ0v) is 12.7. The molecule has 88 valence electrons. The van der Waals surface area contributed by atoms with Gasteiger partial charge in [0.05, 0.1) is 5.69 Å². The number of hydrogen-bond donors (Lipinski definition) is 1. The first-order valence-corrected chi connectivity index (χ1v) is 6.69. The van der Waals surface area contributed by atoms with Crippen LogP contribution in [0.5, 0.6) is 0 Å². The number of amides is 1. The molecule has 1 amide bonds. The van der Waals surface area contributed by atoms with Crippen molar-refractivity contribution >= 4 is 49.4 Å². The summed E-state index contributed by atoms with van der Waals surface area (Å²) in [7, 11) is 0. The number of nitrogens with zero attached hydrogens (tertiary/aromatic N) is 1. The van der Waals surface area contributed by atoms with E-state index in [-0.39, 0.29) is 11.9 Å². The number of alkyl halides is 1. The molecular formula is C10H11Br2ClN2O. The van der Waals surface area contributed by atoms with Gasteiger partial charge >= 0.3 is 0 Å². The van der Waals surface area contributed by atoms with Gasteiger partial charge in [-0.25, -0.2) is 0 Å². The van der Waals surface area contributed by atoms with Gasteiger partial charge in [-0.05, 0) is 51.8 Å². The SMILES string of the molecule is CC(C)NC(=O)C(Cl)c1ncc(Br)cc1Br. The van der Waals surface area contributed by atoms with Crippen LogP contribution in [0.3, 0.4) is 0 Å². The van der Waals surface area contributed by atoms with Gasteiger partial charge in [0.2, 0.25) is 5.91 Å². The summed E-state index contributed by atoms with van der Waals surface area (Å²) in [4.78, 5) is 15.8. The van der Waals surface area contributed by atoms with E-state index in [0.29, 0.717) is 10.2 Å². The molecule has 0 fully saturated rings. The minimum atomic E-state index is -0.787. The number of aromatic nitrogens is 1. The molecule has 1 aromatic heterocycles. The lowest BCUT2D eigenvalue weighted by Gasteiger charge is -2.13. The number of carbonyl (C=O) groups excluding carboxylic acids is 1. The van der Waals surface area contributed by atoms with Gasteiger partial charge in [0.25, 0.3) is 0 Å². The zero-order valence-electron chi connectivity index (χ0n) is 8.80. The molecule has 1 rings (SSSR count). The van der Waals surface area contributed by atoms with Gasteiger partial charge in [-0.3, -0.25) is 9.78 Å². The van der Waals surface area contributed by atoms with Gasteiger partial charge in [-0.2, -0.15) is 0 Å². The maximum Gasteiger partial charge on any atom is 0.244 e. The first-order valence-electron chi connectivity index (χ1n) is 4.67. The molecule has 1 N–H and O–H groups in total. The smallest absolute Gasteiger partial charge is 0.244 e. The maximum absolute atomic E-state index is 11.7. The average molecular weight is 370 g/mol. The van der Waals surface area contributed by atoms with Crippen molar-refractivity contribution in [2.45, 2.75) is 25.3 Å². The maximum atomic E-state index is 11.7. The quantitative estimate of drug-likeness (QED) is 0.829. The highest BCUT2D eigenvalue weighted by molar-refractivity contribution is 9.11. The van der Waals surface area contributed by atoms with E-state index in [0.717, 1.165) is 4.47 Å². The molecule has 3 nitrogen and oxygen atoms in total. The highest BCUT2D eigenvalue weighted by Crippen LogP contribution is 2.28. The molecule has 1 unspecified atom stereocenters. The Morgan fingerprint density at radius 1 is 1.50 bits per heavy atom. The van der Waals surface area contributed by atoms with E-state index in [2.05, 4.69) is 42.2 Å². The molecule has 1 heterocycles. The number of hydrogen-bond acceptors (Lipinski definition) is 2. The number of carbonyl (C=O) groups is 1. The fraction of sp³-hybridized carbons (Fsp3) is 0.400. The fourth-order valence-electron chi connectivity index (χ4n) is 1.09. The Balaban J connectivity index is 2.87. The van der Waals surface area contributed by atoms with Crippen LogP contribution in [0.1, 0.15) is 24.9 Å². The predicted molar refractivity (Wildman–Crippen MR) is 71.5 cm³/mol. The summed E-state index contributed by atoms with van der Waals surface area (Å²) in [6.45, 7) is 3.76. The third-order valence-electron chi connectivity index (χ3n) is 1.74. The van der Waals surface area contributed by atoms with E-state index in [1.54, 1.807) is 12.3 Å². The third-order valence-corrected chi connectivity index (χ3v) is 3.21. The lowest BCUT2D eigenvalue weighted by Crippen LogP contribution is -2.33. The second-order valence-corrected chi connectivity index (χ2v) is 5.75. The molecule has 0 aliphatic carbocycles. The van der Waals surface area contributed by atoms with Crippen molar-refractivity contribution < 1.29 is 4.79 Å². The van der Waals surface area contributed by atoms with E-state index >= 15 is 0 Å². The van der Waals surface area contributed by atoms with E-state index < -0.39 is 5.38 Å². The normalized spacial score (nSPS) is 12.6. The summed E-state index contributed by atoms with van der Waals surface area (Å²) in [6.07, 6.45) is 1.61. The van der Waals surface area contributed by atoms with E-state index in [1.165, 1.54) is 0 Å². The van der Waals surface area contributed by atoms with Crippen molar-refractivity contribution in [3.63, 3.8) is 0 Å². The van der Waals surface area contributed by atoms with Crippen LogP contribution < -0.4 is 5.32 Å². The average Bonchev–Trinajstić information content (AvgIpc) is 2.15. The first-order chi connectivity index (χ1) is 7.41. The van der Waals surface area contributed by atoms with Gasteiger partial charge in [0.15, 0.2) is 5.38 Å². The minimum Gasteiger partial charge on any atom is -0.352 e. The summed E-state index contributed by atoms with van der Waals surface area (Å²) >= 11 is 12.7. The van der Waals surface area contributed by atoms with Crippen molar-refractivity contribution in [3.05, 3.63) is 26.9 Å². The Labute approximate surface area is 116 Å². The first kappa shape index (κ1) is 13.9. The van der Waals surface area contributed by atoms with Crippen LogP contribution in [-0.4, -0.2) is 16.9 Å². The van der Waals surface area contributed by atoms with Crippen LogP contribution in [0.15, 0.2) is 21.2 Å². The standard InChI is InChI=1S/C10H11Br2ClN2O/c1-5(2)15-10(16)8(13)9-7(12)3-6(11)4-14-9/h3-5,8H,1-2H3,(H,15,16). The Morgan fingerprint density at radius 2 is 2.12 bits per heavy atom. The molecule has 0 aromatic carbocycles. The highest BCUT2D eigenvalue weighted by Gasteiger charge is 2.22. The molecule has 0 saturated heterocycles. The van der Waals surface area contributed by atoms with Crippen LogP contribution in [0.4, 0.5) is 0 Å². The summed E-state index contributed by atoms with van der Waals surface area (Å²) < 4.78 is 1.54. The van der Waals surface area contributed by atoms with E-state index in [9.17, 15) is 4.79 Å². The van der Waals surface area contributed by atoms with Crippen LogP contribution in [-0.2, 0) is 4.79 Å². The molecule has 0 radical (unpaired) electrons.